The largest absolute Gasteiger partial charge is 0.481 e. The maximum atomic E-state index is 14.8. The highest BCUT2D eigenvalue weighted by Gasteiger charge is 2.36. The van der Waals surface area contributed by atoms with Gasteiger partial charge < -0.3 is 85.6 Å². The molecule has 0 saturated carbocycles. The number of aromatic nitrogens is 3. The van der Waals surface area contributed by atoms with Crippen molar-refractivity contribution in [2.24, 2.45) is 27.9 Å². The zero-order valence-corrected chi connectivity index (χ0v) is 47.1. The number of carbonyl (C=O) groups is 10. The number of carbonyl (C=O) groups excluding carboxylic acids is 9. The number of halogens is 1. The standard InChI is InChI=1S/C54H77ClN16O12/c1-3-4-11-38(67-53(83)44(28-72)64-30(2)73)47(77)71-43(24-46(75)76)52(82)70-42(23-34-27-60-29-63-34)51(81)68-40(21-31-15-17-33(55)18-16-31)49(79)66-39(14-9-20-61-54(58)59)48(78)69-41(22-32-26-62-36-12-6-5-10-35(32)36)50(80)65-37(45(74)25-57)13-7-8-19-56/h5-6,10,12,15-18,26-27,29,37-44,62,72H,3-4,7-9,11,13-14,19-25,28,56-57H2,1-2H3,(H,60,63)(H,64,73)(H,65,80)(H,66,79)(H,67,83)(H,68,81)(H,69,78)(H,70,82)(H,71,77)(H,75,76)(H4,58,59,61)/t37-,38-,39-,40+,41-,42-,43-,44-/m0/s1. The molecule has 4 rings (SSSR count). The van der Waals surface area contributed by atoms with Crippen molar-refractivity contribution in [2.45, 2.75) is 139 Å². The lowest BCUT2D eigenvalue weighted by Crippen LogP contribution is -2.61. The second kappa shape index (κ2) is 34.7. The molecule has 0 spiro atoms. The summed E-state index contributed by atoms with van der Waals surface area (Å²) in [6.07, 6.45) is 4.84. The molecule has 29 heteroatoms. The van der Waals surface area contributed by atoms with E-state index in [9.17, 15) is 58.2 Å². The number of unbranched alkanes of at least 4 members (excludes halogenated alkanes) is 2. The molecule has 2 aromatic carbocycles. The minimum Gasteiger partial charge on any atom is -0.481 e. The number of benzene rings is 2. The van der Waals surface area contributed by atoms with Gasteiger partial charge in [-0.05, 0) is 74.4 Å². The van der Waals surface area contributed by atoms with E-state index in [1.54, 1.807) is 43.5 Å². The maximum absolute atomic E-state index is 14.8. The molecule has 83 heavy (non-hydrogen) atoms. The SMILES string of the molecule is CCCC[C@H](NC(=O)[C@H](CO)NC(C)=O)C(=O)N[C@@H](CC(=O)O)C(=O)N[C@@H](Cc1cnc[nH]1)C(=O)N[C@H](Cc1ccc(Cl)cc1)C(=O)N[C@@H](CCCN=C(N)N)C(=O)N[C@@H](Cc1c[nH]c2ccccc12)C(=O)N[C@@H](CCCCN)C(=O)CN. The Morgan fingerprint density at radius 3 is 1.71 bits per heavy atom. The fourth-order valence-corrected chi connectivity index (χ4v) is 8.87. The third-order valence-electron chi connectivity index (χ3n) is 13.1. The molecule has 8 atom stereocenters. The van der Waals surface area contributed by atoms with Crippen LogP contribution in [-0.2, 0) is 67.2 Å². The summed E-state index contributed by atoms with van der Waals surface area (Å²) in [5.74, 6) is -9.46. The van der Waals surface area contributed by atoms with Gasteiger partial charge in [0.25, 0.3) is 0 Å². The summed E-state index contributed by atoms with van der Waals surface area (Å²) in [7, 11) is 0. The molecule has 28 nitrogen and oxygen atoms in total. The van der Waals surface area contributed by atoms with Crippen molar-refractivity contribution >= 4 is 87.5 Å². The number of nitrogens with two attached hydrogens (primary N) is 4. The number of amides is 8. The fraction of sp³-hybridized carbons (Fsp3) is 0.481. The van der Waals surface area contributed by atoms with Gasteiger partial charge in [0, 0.05) is 66.7 Å². The molecule has 0 fully saturated rings. The predicted octanol–water partition coefficient (Wildman–Crippen LogP) is -2.16. The first-order chi connectivity index (χ1) is 39.7. The second-order valence-electron chi connectivity index (χ2n) is 19.7. The fourth-order valence-electron chi connectivity index (χ4n) is 8.75. The van der Waals surface area contributed by atoms with Gasteiger partial charge in [-0.15, -0.1) is 0 Å². The number of nitrogens with zero attached hydrogens (tertiary/aromatic N) is 2. The van der Waals surface area contributed by atoms with Gasteiger partial charge in [0.1, 0.15) is 42.3 Å². The van der Waals surface area contributed by atoms with Gasteiger partial charge >= 0.3 is 5.97 Å². The normalized spacial score (nSPS) is 14.0. The summed E-state index contributed by atoms with van der Waals surface area (Å²) in [4.78, 5) is 151. The van der Waals surface area contributed by atoms with Crippen LogP contribution in [0.2, 0.25) is 5.02 Å². The highest BCUT2D eigenvalue weighted by Crippen LogP contribution is 2.20. The van der Waals surface area contributed by atoms with Crippen LogP contribution >= 0.6 is 11.6 Å². The Balaban J connectivity index is 1.70. The molecule has 0 bridgehead atoms. The molecule has 0 radical (unpaired) electrons. The molecule has 452 valence electrons. The maximum Gasteiger partial charge on any atom is 0.305 e. The Morgan fingerprint density at radius 1 is 0.627 bits per heavy atom. The minimum absolute atomic E-state index is 0.00310. The van der Waals surface area contributed by atoms with E-state index >= 15 is 0 Å². The highest BCUT2D eigenvalue weighted by atomic mass is 35.5. The van der Waals surface area contributed by atoms with E-state index in [2.05, 4.69) is 62.5 Å². The molecule has 2 aromatic heterocycles. The Hall–Kier alpha value is -8.47. The average molecular weight is 1180 g/mol. The summed E-state index contributed by atoms with van der Waals surface area (Å²) in [6, 6.07) is 1.89. The molecule has 0 unspecified atom stereocenters. The number of imidazole rings is 1. The number of para-hydroxylation sites is 1. The third-order valence-corrected chi connectivity index (χ3v) is 13.4. The number of fused-ring (bicyclic) bond motifs is 1. The Kier molecular flexibility index (Phi) is 28.1. The Labute approximate surface area is 484 Å². The van der Waals surface area contributed by atoms with Gasteiger partial charge in [0.2, 0.25) is 47.3 Å². The lowest BCUT2D eigenvalue weighted by molar-refractivity contribution is -0.141. The zero-order chi connectivity index (χ0) is 61.0. The first-order valence-electron chi connectivity index (χ1n) is 27.1. The molecule has 0 saturated heterocycles. The molecular weight excluding hydrogens is 1100 g/mol. The van der Waals surface area contributed by atoms with Crippen molar-refractivity contribution in [3.63, 3.8) is 0 Å². The van der Waals surface area contributed by atoms with Crippen LogP contribution in [0, 0.1) is 0 Å². The van der Waals surface area contributed by atoms with Gasteiger partial charge in [-0.2, -0.15) is 0 Å². The van der Waals surface area contributed by atoms with Gasteiger partial charge in [0.15, 0.2) is 11.7 Å². The summed E-state index contributed by atoms with van der Waals surface area (Å²) in [6.45, 7) is 2.08. The topological polar surface area (TPSA) is 468 Å². The number of H-pyrrole nitrogens is 2. The van der Waals surface area contributed by atoms with Crippen LogP contribution in [0.1, 0.15) is 88.5 Å². The summed E-state index contributed by atoms with van der Waals surface area (Å²) < 4.78 is 0. The summed E-state index contributed by atoms with van der Waals surface area (Å²) in [5.41, 5.74) is 24.8. The van der Waals surface area contributed by atoms with Crippen LogP contribution in [0.15, 0.2) is 72.2 Å². The predicted molar refractivity (Wildman–Crippen MR) is 306 cm³/mol. The van der Waals surface area contributed by atoms with E-state index in [0.29, 0.717) is 54.1 Å². The number of aliphatic carboxylic acids is 1. The molecule has 0 aliphatic rings. The molecule has 20 N–H and O–H groups in total. The van der Waals surface area contributed by atoms with Crippen molar-refractivity contribution in [1.29, 1.82) is 0 Å². The van der Waals surface area contributed by atoms with Crippen LogP contribution in [0.5, 0.6) is 0 Å². The van der Waals surface area contributed by atoms with Gasteiger partial charge in [-0.3, -0.25) is 52.9 Å². The minimum atomic E-state index is -1.86. The van der Waals surface area contributed by atoms with Crippen LogP contribution < -0.4 is 65.5 Å². The van der Waals surface area contributed by atoms with E-state index in [1.807, 2.05) is 18.2 Å². The number of nitrogens with one attached hydrogen (secondary N) is 10. The average Bonchev–Trinajstić information content (AvgIpc) is 4.26. The second-order valence-corrected chi connectivity index (χ2v) is 20.1. The van der Waals surface area contributed by atoms with Crippen molar-refractivity contribution in [3.8, 4) is 0 Å². The molecule has 4 aromatic rings. The van der Waals surface area contributed by atoms with Crippen LogP contribution in [0.25, 0.3) is 10.9 Å². The number of aliphatic hydroxyl groups is 1. The van der Waals surface area contributed by atoms with E-state index in [1.165, 1.54) is 12.5 Å². The first-order valence-corrected chi connectivity index (χ1v) is 27.5. The number of hydrogen-bond acceptors (Lipinski definition) is 15. The lowest BCUT2D eigenvalue weighted by atomic mass is 10.0. The van der Waals surface area contributed by atoms with Crippen molar-refractivity contribution in [2.75, 3.05) is 26.2 Å². The summed E-state index contributed by atoms with van der Waals surface area (Å²) in [5, 5.41) is 41.2. The van der Waals surface area contributed by atoms with E-state index in [4.69, 9.17) is 34.5 Å². The lowest BCUT2D eigenvalue weighted by Gasteiger charge is -2.28. The van der Waals surface area contributed by atoms with Crippen LogP contribution in [-0.4, -0.2) is 165 Å². The number of aliphatic hydroxyl groups excluding tert-OH is 1. The number of carboxylic acids is 1. The van der Waals surface area contributed by atoms with Gasteiger partial charge in [-0.1, -0.05) is 61.7 Å². The van der Waals surface area contributed by atoms with Crippen LogP contribution in [0.3, 0.4) is 0 Å². The molecule has 0 aliphatic heterocycles. The number of hydrogen-bond donors (Lipinski definition) is 16. The number of carboxylic acid groups (broad SMARTS) is 1. The van der Waals surface area contributed by atoms with Crippen molar-refractivity contribution in [3.05, 3.63) is 89.1 Å². The van der Waals surface area contributed by atoms with Gasteiger partial charge in [0.05, 0.1) is 31.9 Å². The zero-order valence-electron chi connectivity index (χ0n) is 46.3. The Bertz CT molecular complexity index is 2850. The number of ketones is 1. The van der Waals surface area contributed by atoms with Gasteiger partial charge in [-0.25, -0.2) is 4.98 Å². The molecule has 8 amide bonds. The van der Waals surface area contributed by atoms with E-state index < -0.39 is 120 Å². The highest BCUT2D eigenvalue weighted by molar-refractivity contribution is 6.30. The number of guanidine groups is 1. The van der Waals surface area contributed by atoms with E-state index in [0.717, 1.165) is 17.8 Å². The number of rotatable bonds is 37. The van der Waals surface area contributed by atoms with Crippen molar-refractivity contribution in [1.82, 2.24) is 57.5 Å². The number of Topliss-reactive ketones (excluding diaryl/α,β-unsaturated/α-hetero) is 1. The van der Waals surface area contributed by atoms with Crippen molar-refractivity contribution < 1.29 is 58.2 Å². The molecular formula is C54H77ClN16O12. The number of aliphatic imine (C=N–C) groups is 1. The third kappa shape index (κ3) is 22.8. The number of aromatic amines is 2. The Morgan fingerprint density at radius 2 is 1.16 bits per heavy atom. The van der Waals surface area contributed by atoms with E-state index in [-0.39, 0.29) is 64.0 Å². The monoisotopic (exact) mass is 1180 g/mol. The molecule has 2 heterocycles. The molecule has 0 aliphatic carbocycles. The van der Waals surface area contributed by atoms with Crippen LogP contribution in [0.4, 0.5) is 0 Å². The smallest absolute Gasteiger partial charge is 0.305 e. The first kappa shape index (κ1) is 67.0. The quantitative estimate of drug-likeness (QED) is 0.0130. The summed E-state index contributed by atoms with van der Waals surface area (Å²) >= 11 is 6.21.